The molecule has 1 heterocycles. The smallest absolute Gasteiger partial charge is 0.326 e. The van der Waals surface area contributed by atoms with Gasteiger partial charge in [0.15, 0.2) is 0 Å². The number of nitrogens with one attached hydrogen (secondary N) is 1. The van der Waals surface area contributed by atoms with Crippen molar-refractivity contribution in [3.63, 3.8) is 0 Å². The van der Waals surface area contributed by atoms with Crippen LogP contribution >= 0.6 is 0 Å². The first-order chi connectivity index (χ1) is 12.1. The molecule has 0 saturated heterocycles. The van der Waals surface area contributed by atoms with Crippen molar-refractivity contribution in [2.45, 2.75) is 51.1 Å². The number of nitrogens with zero attached hydrogens (tertiary/aromatic N) is 2. The van der Waals surface area contributed by atoms with Crippen LogP contribution in [0.5, 0.6) is 0 Å². The van der Waals surface area contributed by atoms with E-state index in [1.807, 2.05) is 35.0 Å². The number of aliphatic carboxylic acids is 1. The Bertz CT molecular complexity index is 749. The molecule has 0 aliphatic heterocycles. The van der Waals surface area contributed by atoms with E-state index < -0.39 is 17.9 Å². The molecule has 1 aromatic carbocycles. The molecule has 132 valence electrons. The van der Waals surface area contributed by atoms with E-state index in [1.165, 1.54) is 0 Å². The van der Waals surface area contributed by atoms with Gasteiger partial charge in [-0.3, -0.25) is 9.48 Å². The van der Waals surface area contributed by atoms with Crippen molar-refractivity contribution in [1.82, 2.24) is 15.1 Å². The first kappa shape index (κ1) is 17.2. The first-order valence-corrected chi connectivity index (χ1v) is 8.78. The summed E-state index contributed by atoms with van der Waals surface area (Å²) >= 11 is 0. The Morgan fingerprint density at radius 3 is 2.56 bits per heavy atom. The normalized spacial score (nSPS) is 15.9. The zero-order valence-electron chi connectivity index (χ0n) is 14.3. The Morgan fingerprint density at radius 2 is 1.96 bits per heavy atom. The minimum Gasteiger partial charge on any atom is -0.480 e. The molecule has 1 amide bonds. The number of rotatable bonds is 6. The second-order valence-corrected chi connectivity index (χ2v) is 6.43. The number of hydrogen-bond donors (Lipinski definition) is 2. The predicted octanol–water partition coefficient (Wildman–Crippen LogP) is 3.26. The molecule has 2 aromatic rings. The van der Waals surface area contributed by atoms with Crippen LogP contribution in [0, 0.1) is 0 Å². The molecule has 6 heteroatoms. The maximum atomic E-state index is 12.7. The van der Waals surface area contributed by atoms with Gasteiger partial charge < -0.3 is 10.4 Å². The van der Waals surface area contributed by atoms with Crippen molar-refractivity contribution in [2.24, 2.45) is 0 Å². The first-order valence-electron chi connectivity index (χ1n) is 8.78. The van der Waals surface area contributed by atoms with Crippen LogP contribution in [0.2, 0.25) is 0 Å². The van der Waals surface area contributed by atoms with Gasteiger partial charge in [0.2, 0.25) is 0 Å². The maximum absolute atomic E-state index is 12.7. The number of carbonyl (C=O) groups excluding carboxylic acids is 1. The molecule has 1 aliphatic rings. The van der Waals surface area contributed by atoms with Crippen LogP contribution in [0.1, 0.15) is 55.4 Å². The molecule has 0 bridgehead atoms. The number of carboxylic acids is 1. The SMILES string of the molecule is CCC(NC(=O)c1cnn(C2CCCC2)c1-c1ccccc1)C(=O)O. The van der Waals surface area contributed by atoms with Gasteiger partial charge in [-0.05, 0) is 19.3 Å². The monoisotopic (exact) mass is 341 g/mol. The van der Waals surface area contributed by atoms with Gasteiger partial charge in [-0.25, -0.2) is 4.79 Å². The van der Waals surface area contributed by atoms with Gasteiger partial charge in [0.25, 0.3) is 5.91 Å². The summed E-state index contributed by atoms with van der Waals surface area (Å²) in [5, 5.41) is 16.3. The van der Waals surface area contributed by atoms with Crippen LogP contribution < -0.4 is 5.32 Å². The minimum atomic E-state index is -1.03. The molecule has 1 unspecified atom stereocenters. The molecule has 6 nitrogen and oxygen atoms in total. The van der Waals surface area contributed by atoms with Crippen LogP contribution in [-0.4, -0.2) is 32.8 Å². The molecule has 3 rings (SSSR count). The quantitative estimate of drug-likeness (QED) is 0.844. The highest BCUT2D eigenvalue weighted by molar-refractivity contribution is 6.01. The van der Waals surface area contributed by atoms with E-state index in [1.54, 1.807) is 13.1 Å². The summed E-state index contributed by atoms with van der Waals surface area (Å²) in [7, 11) is 0. The van der Waals surface area contributed by atoms with E-state index in [4.69, 9.17) is 0 Å². The standard InChI is InChI=1S/C19H23N3O3/c1-2-16(19(24)25)21-18(23)15-12-20-22(14-10-6-7-11-14)17(15)13-8-4-3-5-9-13/h3-5,8-9,12,14,16H,2,6-7,10-11H2,1H3,(H,21,23)(H,24,25). The van der Waals surface area contributed by atoms with Crippen molar-refractivity contribution < 1.29 is 14.7 Å². The van der Waals surface area contributed by atoms with Gasteiger partial charge in [0.05, 0.1) is 23.5 Å². The van der Waals surface area contributed by atoms with Crippen molar-refractivity contribution >= 4 is 11.9 Å². The summed E-state index contributed by atoms with van der Waals surface area (Å²) in [6, 6.07) is 9.08. The zero-order chi connectivity index (χ0) is 17.8. The van der Waals surface area contributed by atoms with Crippen LogP contribution in [-0.2, 0) is 4.79 Å². The van der Waals surface area contributed by atoms with Gasteiger partial charge >= 0.3 is 5.97 Å². The van der Waals surface area contributed by atoms with Crippen LogP contribution in [0.15, 0.2) is 36.5 Å². The van der Waals surface area contributed by atoms with E-state index in [0.29, 0.717) is 18.0 Å². The molecule has 25 heavy (non-hydrogen) atoms. The summed E-state index contributed by atoms with van der Waals surface area (Å²) in [5.41, 5.74) is 2.11. The fourth-order valence-corrected chi connectivity index (χ4v) is 3.41. The number of amides is 1. The van der Waals surface area contributed by atoms with Gasteiger partial charge in [-0.2, -0.15) is 5.10 Å². The Kier molecular flexibility index (Phi) is 5.16. The molecule has 1 aromatic heterocycles. The number of hydrogen-bond acceptors (Lipinski definition) is 3. The Hall–Kier alpha value is -2.63. The molecule has 1 fully saturated rings. The molecular formula is C19H23N3O3. The van der Waals surface area contributed by atoms with Gasteiger partial charge in [-0.1, -0.05) is 50.1 Å². The molecule has 1 atom stereocenters. The lowest BCUT2D eigenvalue weighted by atomic mass is 10.1. The number of carbonyl (C=O) groups is 2. The van der Waals surface area contributed by atoms with Crippen LogP contribution in [0.25, 0.3) is 11.3 Å². The topological polar surface area (TPSA) is 84.2 Å². The molecule has 2 N–H and O–H groups in total. The molecular weight excluding hydrogens is 318 g/mol. The van der Waals surface area contributed by atoms with E-state index in [9.17, 15) is 14.7 Å². The summed E-state index contributed by atoms with van der Waals surface area (Å²) in [4.78, 5) is 23.9. The third-order valence-electron chi connectivity index (χ3n) is 4.77. The van der Waals surface area contributed by atoms with E-state index >= 15 is 0 Å². The van der Waals surface area contributed by atoms with Crippen molar-refractivity contribution in [1.29, 1.82) is 0 Å². The Labute approximate surface area is 146 Å². The summed E-state index contributed by atoms with van der Waals surface area (Å²) in [5.74, 6) is -1.42. The highest BCUT2D eigenvalue weighted by atomic mass is 16.4. The summed E-state index contributed by atoms with van der Waals surface area (Å²) in [6.07, 6.45) is 6.32. The summed E-state index contributed by atoms with van der Waals surface area (Å²) in [6.45, 7) is 1.74. The van der Waals surface area contributed by atoms with Crippen molar-refractivity contribution in [3.05, 3.63) is 42.1 Å². The fourth-order valence-electron chi connectivity index (χ4n) is 3.41. The third-order valence-corrected chi connectivity index (χ3v) is 4.77. The lowest BCUT2D eigenvalue weighted by molar-refractivity contribution is -0.139. The minimum absolute atomic E-state index is 0.290. The average Bonchev–Trinajstić information content (AvgIpc) is 3.28. The lowest BCUT2D eigenvalue weighted by Crippen LogP contribution is -2.40. The number of benzene rings is 1. The lowest BCUT2D eigenvalue weighted by Gasteiger charge is -2.16. The summed E-state index contributed by atoms with van der Waals surface area (Å²) < 4.78 is 1.94. The third kappa shape index (κ3) is 3.57. The molecule has 1 aliphatic carbocycles. The van der Waals surface area contributed by atoms with Crippen LogP contribution in [0.3, 0.4) is 0 Å². The van der Waals surface area contributed by atoms with E-state index in [0.717, 1.165) is 36.9 Å². The van der Waals surface area contributed by atoms with Crippen LogP contribution in [0.4, 0.5) is 0 Å². The maximum Gasteiger partial charge on any atom is 0.326 e. The fraction of sp³-hybridized carbons (Fsp3) is 0.421. The van der Waals surface area contributed by atoms with Crippen molar-refractivity contribution in [2.75, 3.05) is 0 Å². The average molecular weight is 341 g/mol. The molecule has 0 radical (unpaired) electrons. The largest absolute Gasteiger partial charge is 0.480 e. The highest BCUT2D eigenvalue weighted by Gasteiger charge is 2.27. The predicted molar refractivity (Wildman–Crippen MR) is 94.3 cm³/mol. The Balaban J connectivity index is 1.99. The van der Waals surface area contributed by atoms with E-state index in [2.05, 4.69) is 10.4 Å². The number of carboxylic acid groups (broad SMARTS) is 1. The highest BCUT2D eigenvalue weighted by Crippen LogP contribution is 2.34. The van der Waals surface area contributed by atoms with E-state index in [-0.39, 0.29) is 0 Å². The second kappa shape index (κ2) is 7.51. The number of aromatic nitrogens is 2. The molecule has 1 saturated carbocycles. The van der Waals surface area contributed by atoms with Crippen molar-refractivity contribution in [3.8, 4) is 11.3 Å². The second-order valence-electron chi connectivity index (χ2n) is 6.43. The van der Waals surface area contributed by atoms with Gasteiger partial charge in [-0.15, -0.1) is 0 Å². The molecule has 0 spiro atoms. The van der Waals surface area contributed by atoms with Gasteiger partial charge in [0, 0.05) is 5.56 Å². The zero-order valence-corrected chi connectivity index (χ0v) is 14.3. The Morgan fingerprint density at radius 1 is 1.28 bits per heavy atom. The van der Waals surface area contributed by atoms with Gasteiger partial charge in [0.1, 0.15) is 6.04 Å².